The van der Waals surface area contributed by atoms with Gasteiger partial charge >= 0.3 is 5.97 Å². The molecular formula is C17H27N3O4S. The first kappa shape index (κ1) is 18.4. The molecule has 1 aromatic rings. The van der Waals surface area contributed by atoms with Crippen LogP contribution in [0.1, 0.15) is 44.5 Å². The van der Waals surface area contributed by atoms with Crippen LogP contribution in [0, 0.1) is 31.1 Å². The van der Waals surface area contributed by atoms with Gasteiger partial charge in [-0.05, 0) is 38.5 Å². The Morgan fingerprint density at radius 2 is 2.08 bits per heavy atom. The van der Waals surface area contributed by atoms with E-state index < -0.39 is 21.4 Å². The van der Waals surface area contributed by atoms with Crippen LogP contribution in [-0.2, 0) is 21.4 Å². The van der Waals surface area contributed by atoms with Crippen molar-refractivity contribution in [1.29, 1.82) is 0 Å². The van der Waals surface area contributed by atoms with Crippen LogP contribution in [0.15, 0.2) is 4.90 Å². The highest BCUT2D eigenvalue weighted by Gasteiger charge is 2.57. The van der Waals surface area contributed by atoms with E-state index in [1.807, 2.05) is 0 Å². The predicted octanol–water partition coefficient (Wildman–Crippen LogP) is 2.03. The molecule has 0 amide bonds. The number of sulfonamides is 1. The molecule has 1 aromatic heterocycles. The average molecular weight is 369 g/mol. The summed E-state index contributed by atoms with van der Waals surface area (Å²) in [4.78, 5) is 12.1. The number of carboxylic acid groups (broad SMARTS) is 1. The molecule has 1 aliphatic heterocycles. The number of carboxylic acids is 1. The van der Waals surface area contributed by atoms with Crippen LogP contribution in [0.2, 0.25) is 0 Å². The minimum Gasteiger partial charge on any atom is -0.481 e. The molecule has 2 heterocycles. The monoisotopic (exact) mass is 369 g/mol. The first-order chi connectivity index (χ1) is 11.6. The third-order valence-corrected chi connectivity index (χ3v) is 7.78. The Morgan fingerprint density at radius 3 is 2.64 bits per heavy atom. The van der Waals surface area contributed by atoms with Crippen LogP contribution in [0.4, 0.5) is 0 Å². The maximum atomic E-state index is 13.3. The predicted molar refractivity (Wildman–Crippen MR) is 92.7 cm³/mol. The summed E-state index contributed by atoms with van der Waals surface area (Å²) >= 11 is 0. The van der Waals surface area contributed by atoms with Crippen LogP contribution in [0.3, 0.4) is 0 Å². The van der Waals surface area contributed by atoms with Crippen LogP contribution >= 0.6 is 0 Å². The van der Waals surface area contributed by atoms with Crippen molar-refractivity contribution in [2.75, 3.05) is 13.1 Å². The molecular weight excluding hydrogens is 342 g/mol. The highest BCUT2D eigenvalue weighted by Crippen LogP contribution is 2.50. The van der Waals surface area contributed by atoms with E-state index in [-0.39, 0.29) is 17.4 Å². The minimum atomic E-state index is -3.74. The van der Waals surface area contributed by atoms with Gasteiger partial charge in [-0.15, -0.1) is 0 Å². The van der Waals surface area contributed by atoms with Crippen molar-refractivity contribution < 1.29 is 18.3 Å². The van der Waals surface area contributed by atoms with E-state index in [0.29, 0.717) is 36.8 Å². The Labute approximate surface area is 149 Å². The lowest BCUT2D eigenvalue weighted by molar-refractivity contribution is -0.149. The fourth-order valence-corrected chi connectivity index (χ4v) is 6.41. The number of aromatic nitrogens is 2. The molecule has 1 aliphatic carbocycles. The molecule has 1 saturated carbocycles. The van der Waals surface area contributed by atoms with Crippen molar-refractivity contribution in [2.45, 2.75) is 58.4 Å². The van der Waals surface area contributed by atoms with Crippen LogP contribution in [-0.4, -0.2) is 46.7 Å². The van der Waals surface area contributed by atoms with Crippen molar-refractivity contribution in [3.63, 3.8) is 0 Å². The lowest BCUT2D eigenvalue weighted by atomic mass is 9.81. The van der Waals surface area contributed by atoms with E-state index in [0.717, 1.165) is 12.8 Å². The molecule has 2 aliphatic rings. The second-order valence-corrected chi connectivity index (χ2v) is 9.80. The molecule has 3 rings (SSSR count). The quantitative estimate of drug-likeness (QED) is 0.857. The van der Waals surface area contributed by atoms with E-state index in [9.17, 15) is 18.3 Å². The smallest absolute Gasteiger partial charge is 0.311 e. The zero-order valence-electron chi connectivity index (χ0n) is 15.3. The number of carbonyl (C=O) groups is 1. The van der Waals surface area contributed by atoms with Crippen molar-refractivity contribution in [2.24, 2.45) is 17.3 Å². The number of nitrogens with zero attached hydrogens (tertiary/aromatic N) is 3. The third kappa shape index (κ3) is 2.79. The molecule has 140 valence electrons. The van der Waals surface area contributed by atoms with Gasteiger partial charge in [0, 0.05) is 19.6 Å². The largest absolute Gasteiger partial charge is 0.481 e. The van der Waals surface area contributed by atoms with Crippen LogP contribution < -0.4 is 0 Å². The van der Waals surface area contributed by atoms with Gasteiger partial charge in [-0.1, -0.05) is 20.3 Å². The molecule has 0 spiro atoms. The van der Waals surface area contributed by atoms with Crippen LogP contribution in [0.25, 0.3) is 0 Å². The van der Waals surface area contributed by atoms with Gasteiger partial charge in [0.2, 0.25) is 10.0 Å². The fraction of sp³-hybridized carbons (Fsp3) is 0.765. The first-order valence-corrected chi connectivity index (χ1v) is 10.3. The molecule has 1 N–H and O–H groups in total. The van der Waals surface area contributed by atoms with Crippen molar-refractivity contribution in [3.05, 3.63) is 11.4 Å². The Kier molecular flexibility index (Phi) is 4.48. The Balaban J connectivity index is 1.96. The molecule has 1 saturated heterocycles. The number of aliphatic carboxylic acids is 1. The summed E-state index contributed by atoms with van der Waals surface area (Å²) in [5, 5.41) is 14.1. The van der Waals surface area contributed by atoms with Gasteiger partial charge in [-0.2, -0.15) is 9.40 Å². The fourth-order valence-electron chi connectivity index (χ4n) is 4.48. The number of rotatable bonds is 5. The SMILES string of the molecule is Cc1nn(CC(C)C)c(C)c1S(=O)(=O)N1C[C@@H]2CCC[C@@]2(C(=O)O)C1. The highest BCUT2D eigenvalue weighted by atomic mass is 32.2. The number of hydrogen-bond donors (Lipinski definition) is 1. The molecule has 0 radical (unpaired) electrons. The van der Waals surface area contributed by atoms with E-state index in [1.165, 1.54) is 4.31 Å². The Morgan fingerprint density at radius 1 is 1.40 bits per heavy atom. The average Bonchev–Trinajstić information content (AvgIpc) is 3.10. The van der Waals surface area contributed by atoms with Gasteiger partial charge in [-0.25, -0.2) is 8.42 Å². The summed E-state index contributed by atoms with van der Waals surface area (Å²) in [7, 11) is -3.74. The summed E-state index contributed by atoms with van der Waals surface area (Å²) < 4.78 is 29.6. The van der Waals surface area contributed by atoms with Crippen molar-refractivity contribution in [3.8, 4) is 0 Å². The summed E-state index contributed by atoms with van der Waals surface area (Å²) in [5.41, 5.74) is 0.204. The lowest BCUT2D eigenvalue weighted by Gasteiger charge is -2.23. The summed E-state index contributed by atoms with van der Waals surface area (Å²) in [6.07, 6.45) is 2.20. The molecule has 0 unspecified atom stereocenters. The lowest BCUT2D eigenvalue weighted by Crippen LogP contribution is -2.37. The zero-order valence-corrected chi connectivity index (χ0v) is 16.1. The maximum Gasteiger partial charge on any atom is 0.311 e. The van der Waals surface area contributed by atoms with Gasteiger partial charge in [0.05, 0.1) is 16.8 Å². The Hall–Kier alpha value is -1.41. The van der Waals surface area contributed by atoms with E-state index in [4.69, 9.17) is 0 Å². The van der Waals surface area contributed by atoms with E-state index in [1.54, 1.807) is 18.5 Å². The molecule has 0 bridgehead atoms. The second-order valence-electron chi connectivity index (χ2n) is 7.92. The molecule has 0 aromatic carbocycles. The first-order valence-electron chi connectivity index (χ1n) is 8.87. The van der Waals surface area contributed by atoms with Gasteiger partial charge in [0.1, 0.15) is 4.90 Å². The number of fused-ring (bicyclic) bond motifs is 1. The summed E-state index contributed by atoms with van der Waals surface area (Å²) in [6.45, 7) is 8.63. The maximum absolute atomic E-state index is 13.3. The zero-order chi connectivity index (χ0) is 18.6. The molecule has 25 heavy (non-hydrogen) atoms. The van der Waals surface area contributed by atoms with E-state index >= 15 is 0 Å². The highest BCUT2D eigenvalue weighted by molar-refractivity contribution is 7.89. The van der Waals surface area contributed by atoms with Gasteiger partial charge in [0.25, 0.3) is 0 Å². The van der Waals surface area contributed by atoms with Gasteiger partial charge in [-0.3, -0.25) is 9.48 Å². The third-order valence-electron chi connectivity index (χ3n) is 5.72. The standard InChI is InChI=1S/C17H27N3O4S/c1-11(2)8-20-13(4)15(12(3)18-20)25(23,24)19-9-14-6-5-7-17(14,10-19)16(21)22/h11,14H,5-10H2,1-4H3,(H,21,22)/t14-,17+/m0/s1. The normalized spacial score (nSPS) is 27.2. The molecule has 2 fully saturated rings. The number of aryl methyl sites for hydroxylation is 1. The Bertz CT molecular complexity index is 799. The topological polar surface area (TPSA) is 92.5 Å². The van der Waals surface area contributed by atoms with Crippen LogP contribution in [0.5, 0.6) is 0 Å². The summed E-state index contributed by atoms with van der Waals surface area (Å²) in [6, 6.07) is 0. The minimum absolute atomic E-state index is 0.0730. The number of hydrogen-bond acceptors (Lipinski definition) is 4. The molecule has 7 nitrogen and oxygen atoms in total. The second kappa shape index (κ2) is 6.09. The molecule has 8 heteroatoms. The van der Waals surface area contributed by atoms with Gasteiger partial charge < -0.3 is 5.11 Å². The van der Waals surface area contributed by atoms with Gasteiger partial charge in [0.15, 0.2) is 0 Å². The van der Waals surface area contributed by atoms with Crippen molar-refractivity contribution in [1.82, 2.24) is 14.1 Å². The van der Waals surface area contributed by atoms with Crippen molar-refractivity contribution >= 4 is 16.0 Å². The molecule has 2 atom stereocenters. The summed E-state index contributed by atoms with van der Waals surface area (Å²) in [5.74, 6) is -0.599. The van der Waals surface area contributed by atoms with E-state index in [2.05, 4.69) is 18.9 Å².